The van der Waals surface area contributed by atoms with Crippen LogP contribution in [0.2, 0.25) is 0 Å². The molecule has 1 aliphatic heterocycles. The second-order valence-corrected chi connectivity index (χ2v) is 2.92. The van der Waals surface area contributed by atoms with Gasteiger partial charge >= 0.3 is 0 Å². The minimum Gasteiger partial charge on any atom is -0.362 e. The summed E-state index contributed by atoms with van der Waals surface area (Å²) >= 11 is 5.80. The van der Waals surface area contributed by atoms with E-state index >= 15 is 0 Å². The first-order valence-electron chi connectivity index (χ1n) is 2.98. The van der Waals surface area contributed by atoms with E-state index < -0.39 is 0 Å². The fourth-order valence-electron chi connectivity index (χ4n) is 0.782. The van der Waals surface area contributed by atoms with E-state index in [0.717, 1.165) is 6.67 Å². The number of rotatable bonds is 1. The monoisotopic (exact) mass is 182 g/mol. The molecule has 1 aliphatic rings. The molecule has 1 heterocycles. The van der Waals surface area contributed by atoms with Crippen LogP contribution in [0.5, 0.6) is 0 Å². The second-order valence-electron chi connectivity index (χ2n) is 2.28. The highest BCUT2D eigenvalue weighted by atomic mass is 35.5. The highest BCUT2D eigenvalue weighted by Crippen LogP contribution is 2.10. The van der Waals surface area contributed by atoms with E-state index in [-0.39, 0.29) is 17.9 Å². The lowest BCUT2D eigenvalue weighted by molar-refractivity contribution is 0.288. The van der Waals surface area contributed by atoms with E-state index in [0.29, 0.717) is 0 Å². The van der Waals surface area contributed by atoms with Crippen LogP contribution in [0.1, 0.15) is 6.92 Å². The van der Waals surface area contributed by atoms with Gasteiger partial charge in [0, 0.05) is 19.4 Å². The topological polar surface area (TPSA) is 6.48 Å². The minimum absolute atomic E-state index is 0. The van der Waals surface area contributed by atoms with Crippen molar-refractivity contribution in [3.05, 3.63) is 12.4 Å². The Kier molecular flexibility index (Phi) is 3.91. The van der Waals surface area contributed by atoms with E-state index in [1.807, 2.05) is 26.4 Å². The van der Waals surface area contributed by atoms with Crippen molar-refractivity contribution in [2.45, 2.75) is 12.4 Å². The van der Waals surface area contributed by atoms with Gasteiger partial charge in [-0.2, -0.15) is 0 Å². The Labute approximate surface area is 72.8 Å². The molecule has 0 aliphatic carbocycles. The number of hydrogen-bond acceptors (Lipinski definition) is 2. The molecule has 10 heavy (non-hydrogen) atoms. The number of halogens is 2. The van der Waals surface area contributed by atoms with Gasteiger partial charge in [0.15, 0.2) is 0 Å². The van der Waals surface area contributed by atoms with Gasteiger partial charge in [0.05, 0.1) is 6.67 Å². The highest BCUT2D eigenvalue weighted by Gasteiger charge is 2.11. The normalized spacial score (nSPS) is 19.1. The van der Waals surface area contributed by atoms with Crippen molar-refractivity contribution in [1.82, 2.24) is 9.80 Å². The van der Waals surface area contributed by atoms with Crippen molar-refractivity contribution in [3.8, 4) is 0 Å². The molecule has 0 fully saturated rings. The standard InChI is InChI=1S/C6H11ClN2.ClH/c1-6(7)9-4-3-8(2)5-9;/h3-4,6H,5H2,1-2H3;1H. The maximum Gasteiger partial charge on any atom is 0.102 e. The molecular weight excluding hydrogens is 171 g/mol. The van der Waals surface area contributed by atoms with Gasteiger partial charge in [-0.05, 0) is 6.92 Å². The molecule has 0 N–H and O–H groups in total. The van der Waals surface area contributed by atoms with Crippen LogP contribution in [0.15, 0.2) is 12.4 Å². The molecule has 4 heteroatoms. The molecule has 0 bridgehead atoms. The smallest absolute Gasteiger partial charge is 0.102 e. The predicted molar refractivity (Wildman–Crippen MR) is 46.2 cm³/mol. The Morgan fingerprint density at radius 2 is 2.10 bits per heavy atom. The average Bonchev–Trinajstić information content (AvgIpc) is 2.14. The van der Waals surface area contributed by atoms with Gasteiger partial charge in [0.25, 0.3) is 0 Å². The van der Waals surface area contributed by atoms with E-state index in [9.17, 15) is 0 Å². The van der Waals surface area contributed by atoms with Gasteiger partial charge in [-0.1, -0.05) is 11.6 Å². The zero-order valence-corrected chi connectivity index (χ0v) is 7.69. The lowest BCUT2D eigenvalue weighted by atomic mass is 10.6. The van der Waals surface area contributed by atoms with Crippen LogP contribution in [-0.2, 0) is 0 Å². The molecule has 0 saturated heterocycles. The minimum atomic E-state index is 0. The molecule has 60 valence electrons. The molecule has 0 spiro atoms. The van der Waals surface area contributed by atoms with Crippen molar-refractivity contribution in [3.63, 3.8) is 0 Å². The Morgan fingerprint density at radius 1 is 1.50 bits per heavy atom. The molecule has 0 aromatic carbocycles. The maximum absolute atomic E-state index is 5.80. The van der Waals surface area contributed by atoms with Crippen molar-refractivity contribution >= 4 is 24.0 Å². The van der Waals surface area contributed by atoms with E-state index in [4.69, 9.17) is 11.6 Å². The Bertz CT molecular complexity index is 125. The van der Waals surface area contributed by atoms with Crippen LogP contribution >= 0.6 is 24.0 Å². The van der Waals surface area contributed by atoms with Crippen molar-refractivity contribution < 1.29 is 0 Å². The summed E-state index contributed by atoms with van der Waals surface area (Å²) in [6.45, 7) is 2.87. The molecule has 0 radical (unpaired) electrons. The maximum atomic E-state index is 5.80. The van der Waals surface area contributed by atoms with Crippen LogP contribution < -0.4 is 0 Å². The van der Waals surface area contributed by atoms with Crippen molar-refractivity contribution in [2.24, 2.45) is 0 Å². The number of alkyl halides is 1. The quantitative estimate of drug-likeness (QED) is 0.450. The summed E-state index contributed by atoms with van der Waals surface area (Å²) in [5.74, 6) is 0. The summed E-state index contributed by atoms with van der Waals surface area (Å²) in [6.07, 6.45) is 4.01. The first-order chi connectivity index (χ1) is 4.20. The molecule has 1 unspecified atom stereocenters. The summed E-state index contributed by atoms with van der Waals surface area (Å²) in [5, 5.41) is 0. The molecule has 0 aromatic rings. The zero-order valence-electron chi connectivity index (χ0n) is 6.12. The van der Waals surface area contributed by atoms with Crippen LogP contribution in [-0.4, -0.2) is 29.0 Å². The van der Waals surface area contributed by atoms with E-state index in [1.54, 1.807) is 0 Å². The van der Waals surface area contributed by atoms with Gasteiger partial charge < -0.3 is 9.80 Å². The molecule has 1 atom stereocenters. The van der Waals surface area contributed by atoms with Crippen LogP contribution in [0.3, 0.4) is 0 Å². The van der Waals surface area contributed by atoms with Crippen LogP contribution in [0.4, 0.5) is 0 Å². The highest BCUT2D eigenvalue weighted by molar-refractivity contribution is 6.20. The van der Waals surface area contributed by atoms with Gasteiger partial charge in [-0.25, -0.2) is 0 Å². The lowest BCUT2D eigenvalue weighted by Gasteiger charge is -2.19. The summed E-state index contributed by atoms with van der Waals surface area (Å²) in [7, 11) is 2.02. The molecule has 0 amide bonds. The Balaban J connectivity index is 0.000000810. The van der Waals surface area contributed by atoms with Gasteiger partial charge in [-0.15, -0.1) is 12.4 Å². The third-order valence-corrected chi connectivity index (χ3v) is 1.61. The van der Waals surface area contributed by atoms with E-state index in [2.05, 4.69) is 9.80 Å². The fraction of sp³-hybridized carbons (Fsp3) is 0.667. The largest absolute Gasteiger partial charge is 0.362 e. The zero-order chi connectivity index (χ0) is 6.85. The summed E-state index contributed by atoms with van der Waals surface area (Å²) in [4.78, 5) is 4.14. The first-order valence-corrected chi connectivity index (χ1v) is 3.42. The van der Waals surface area contributed by atoms with Crippen LogP contribution in [0, 0.1) is 0 Å². The second kappa shape index (κ2) is 3.94. The molecule has 0 aromatic heterocycles. The Morgan fingerprint density at radius 3 is 2.30 bits per heavy atom. The lowest BCUT2D eigenvalue weighted by Crippen LogP contribution is -2.26. The first kappa shape index (κ1) is 9.92. The SMILES string of the molecule is CC(Cl)N1C=CN(C)C1.Cl. The Hall–Kier alpha value is -0.0800. The summed E-state index contributed by atoms with van der Waals surface area (Å²) < 4.78 is 0. The summed E-state index contributed by atoms with van der Waals surface area (Å²) in [5.41, 5.74) is 0.103. The van der Waals surface area contributed by atoms with Crippen LogP contribution in [0.25, 0.3) is 0 Å². The average molecular weight is 183 g/mol. The van der Waals surface area contributed by atoms with Gasteiger partial charge in [0.1, 0.15) is 5.50 Å². The molecule has 0 saturated carbocycles. The number of nitrogens with zero attached hydrogens (tertiary/aromatic N) is 2. The van der Waals surface area contributed by atoms with E-state index in [1.165, 1.54) is 0 Å². The third kappa shape index (κ3) is 2.27. The number of hydrogen-bond donors (Lipinski definition) is 0. The predicted octanol–water partition coefficient (Wildman–Crippen LogP) is 1.67. The molecule has 2 nitrogen and oxygen atoms in total. The molecular formula is C6H12Cl2N2. The summed E-state index contributed by atoms with van der Waals surface area (Å²) in [6, 6.07) is 0. The van der Waals surface area contributed by atoms with Gasteiger partial charge in [-0.3, -0.25) is 0 Å². The van der Waals surface area contributed by atoms with Gasteiger partial charge in [0.2, 0.25) is 0 Å². The fourth-order valence-corrected chi connectivity index (χ4v) is 0.909. The molecule has 1 rings (SSSR count). The van der Waals surface area contributed by atoms with Crippen molar-refractivity contribution in [1.29, 1.82) is 0 Å². The third-order valence-electron chi connectivity index (χ3n) is 1.36. The van der Waals surface area contributed by atoms with Crippen molar-refractivity contribution in [2.75, 3.05) is 13.7 Å².